The van der Waals surface area contributed by atoms with Crippen molar-refractivity contribution >= 4 is 17.4 Å². The van der Waals surface area contributed by atoms with E-state index < -0.39 is 0 Å². The number of carbonyl (C=O) groups excluding carboxylic acids is 1. The van der Waals surface area contributed by atoms with Crippen molar-refractivity contribution in [1.82, 2.24) is 14.5 Å². The third-order valence-corrected chi connectivity index (χ3v) is 2.12. The SMILES string of the molecule is Cn1cncc1C(=O)Nc1ncccc1N. The number of rotatable bonds is 2. The Kier molecular flexibility index (Phi) is 2.55. The molecule has 6 heteroatoms. The zero-order valence-corrected chi connectivity index (χ0v) is 8.71. The van der Waals surface area contributed by atoms with E-state index in [1.54, 1.807) is 36.3 Å². The van der Waals surface area contributed by atoms with E-state index in [0.29, 0.717) is 17.2 Å². The van der Waals surface area contributed by atoms with Crippen molar-refractivity contribution in [1.29, 1.82) is 0 Å². The zero-order chi connectivity index (χ0) is 11.5. The number of hydrogen-bond donors (Lipinski definition) is 2. The highest BCUT2D eigenvalue weighted by atomic mass is 16.2. The first kappa shape index (κ1) is 10.2. The van der Waals surface area contributed by atoms with E-state index >= 15 is 0 Å². The van der Waals surface area contributed by atoms with Gasteiger partial charge in [0.1, 0.15) is 5.69 Å². The van der Waals surface area contributed by atoms with Gasteiger partial charge in [-0.05, 0) is 12.1 Å². The summed E-state index contributed by atoms with van der Waals surface area (Å²) in [6.07, 6.45) is 4.60. The molecule has 1 amide bonds. The molecule has 0 fully saturated rings. The van der Waals surface area contributed by atoms with Gasteiger partial charge in [-0.3, -0.25) is 4.79 Å². The third-order valence-electron chi connectivity index (χ3n) is 2.12. The quantitative estimate of drug-likeness (QED) is 0.773. The van der Waals surface area contributed by atoms with E-state index in [4.69, 9.17) is 5.73 Å². The first-order valence-corrected chi connectivity index (χ1v) is 4.66. The molecule has 16 heavy (non-hydrogen) atoms. The molecule has 0 atom stereocenters. The van der Waals surface area contributed by atoms with Crippen LogP contribution in [0.5, 0.6) is 0 Å². The van der Waals surface area contributed by atoms with Gasteiger partial charge in [-0.2, -0.15) is 0 Å². The number of anilines is 2. The average molecular weight is 217 g/mol. The van der Waals surface area contributed by atoms with Crippen LogP contribution in [0.1, 0.15) is 10.5 Å². The number of carbonyl (C=O) groups is 1. The molecule has 0 aliphatic rings. The Hall–Kier alpha value is -2.37. The van der Waals surface area contributed by atoms with Gasteiger partial charge in [-0.1, -0.05) is 0 Å². The van der Waals surface area contributed by atoms with Gasteiger partial charge in [0.15, 0.2) is 5.82 Å². The Morgan fingerprint density at radius 2 is 2.38 bits per heavy atom. The minimum absolute atomic E-state index is 0.287. The minimum Gasteiger partial charge on any atom is -0.396 e. The largest absolute Gasteiger partial charge is 0.396 e. The van der Waals surface area contributed by atoms with Crippen LogP contribution in [-0.4, -0.2) is 20.4 Å². The number of hydrogen-bond acceptors (Lipinski definition) is 4. The molecule has 0 unspecified atom stereocenters. The Balaban J connectivity index is 2.21. The summed E-state index contributed by atoms with van der Waals surface area (Å²) in [5, 5.41) is 2.62. The fourth-order valence-corrected chi connectivity index (χ4v) is 1.27. The summed E-state index contributed by atoms with van der Waals surface area (Å²) in [6, 6.07) is 3.38. The monoisotopic (exact) mass is 217 g/mol. The number of aromatic nitrogens is 3. The molecule has 2 aromatic rings. The highest BCUT2D eigenvalue weighted by molar-refractivity contribution is 6.03. The third kappa shape index (κ3) is 1.85. The maximum Gasteiger partial charge on any atom is 0.275 e. The van der Waals surface area contributed by atoms with Gasteiger partial charge in [0.25, 0.3) is 5.91 Å². The Morgan fingerprint density at radius 3 is 3.00 bits per heavy atom. The topological polar surface area (TPSA) is 85.8 Å². The van der Waals surface area contributed by atoms with E-state index in [9.17, 15) is 4.79 Å². The predicted octanol–water partition coefficient (Wildman–Crippen LogP) is 0.650. The molecule has 0 radical (unpaired) electrons. The fourth-order valence-electron chi connectivity index (χ4n) is 1.27. The Bertz CT molecular complexity index is 519. The summed E-state index contributed by atoms with van der Waals surface area (Å²) >= 11 is 0. The summed E-state index contributed by atoms with van der Waals surface area (Å²) in [6.45, 7) is 0. The number of nitrogen functional groups attached to an aromatic ring is 1. The van der Waals surface area contributed by atoms with E-state index in [1.807, 2.05) is 0 Å². The second-order valence-electron chi connectivity index (χ2n) is 3.29. The number of amides is 1. The number of nitrogens with two attached hydrogens (primary N) is 1. The van der Waals surface area contributed by atoms with Crippen LogP contribution in [0, 0.1) is 0 Å². The smallest absolute Gasteiger partial charge is 0.275 e. The molecule has 82 valence electrons. The average Bonchev–Trinajstić information content (AvgIpc) is 2.68. The summed E-state index contributed by atoms with van der Waals surface area (Å²) in [5.41, 5.74) is 6.54. The van der Waals surface area contributed by atoms with Gasteiger partial charge < -0.3 is 15.6 Å². The summed E-state index contributed by atoms with van der Waals surface area (Å²) < 4.78 is 1.62. The highest BCUT2D eigenvalue weighted by Gasteiger charge is 2.11. The van der Waals surface area contributed by atoms with E-state index in [0.717, 1.165) is 0 Å². The molecule has 0 aromatic carbocycles. The van der Waals surface area contributed by atoms with Gasteiger partial charge in [-0.25, -0.2) is 9.97 Å². The molecule has 0 spiro atoms. The first-order valence-electron chi connectivity index (χ1n) is 4.66. The van der Waals surface area contributed by atoms with E-state index in [-0.39, 0.29) is 5.91 Å². The van der Waals surface area contributed by atoms with Crippen molar-refractivity contribution in [2.24, 2.45) is 7.05 Å². The van der Waals surface area contributed by atoms with Crippen LogP contribution in [0.2, 0.25) is 0 Å². The van der Waals surface area contributed by atoms with Crippen LogP contribution in [0.15, 0.2) is 30.9 Å². The molecular formula is C10H11N5O. The van der Waals surface area contributed by atoms with Crippen molar-refractivity contribution in [3.63, 3.8) is 0 Å². The molecule has 0 bridgehead atoms. The number of aryl methyl sites for hydroxylation is 1. The molecule has 2 aromatic heterocycles. The number of imidazole rings is 1. The van der Waals surface area contributed by atoms with Crippen LogP contribution >= 0.6 is 0 Å². The van der Waals surface area contributed by atoms with Gasteiger partial charge >= 0.3 is 0 Å². The second kappa shape index (κ2) is 4.01. The normalized spacial score (nSPS) is 10.1. The van der Waals surface area contributed by atoms with Crippen LogP contribution in [-0.2, 0) is 7.05 Å². The summed E-state index contributed by atoms with van der Waals surface area (Å²) in [5.74, 6) is 0.0686. The molecule has 0 saturated heterocycles. The Morgan fingerprint density at radius 1 is 1.56 bits per heavy atom. The van der Waals surface area contributed by atoms with Crippen LogP contribution in [0.4, 0.5) is 11.5 Å². The van der Waals surface area contributed by atoms with Gasteiger partial charge in [0.2, 0.25) is 0 Å². The van der Waals surface area contributed by atoms with Crippen molar-refractivity contribution in [2.75, 3.05) is 11.1 Å². The first-order chi connectivity index (χ1) is 7.68. The van der Waals surface area contributed by atoms with Crippen LogP contribution in [0.3, 0.4) is 0 Å². The van der Waals surface area contributed by atoms with Gasteiger partial charge in [0, 0.05) is 13.2 Å². The van der Waals surface area contributed by atoms with Crippen molar-refractivity contribution in [3.8, 4) is 0 Å². The molecule has 2 heterocycles. The Labute approximate surface area is 92.1 Å². The molecule has 0 saturated carbocycles. The molecule has 0 aliphatic carbocycles. The van der Waals surface area contributed by atoms with Crippen molar-refractivity contribution in [2.45, 2.75) is 0 Å². The summed E-state index contributed by atoms with van der Waals surface area (Å²) in [4.78, 5) is 19.6. The molecule has 2 rings (SSSR count). The predicted molar refractivity (Wildman–Crippen MR) is 59.8 cm³/mol. The molecular weight excluding hydrogens is 206 g/mol. The molecule has 6 nitrogen and oxygen atoms in total. The van der Waals surface area contributed by atoms with E-state index in [2.05, 4.69) is 15.3 Å². The van der Waals surface area contributed by atoms with Crippen molar-refractivity contribution in [3.05, 3.63) is 36.5 Å². The second-order valence-corrected chi connectivity index (χ2v) is 3.29. The van der Waals surface area contributed by atoms with Gasteiger partial charge in [-0.15, -0.1) is 0 Å². The van der Waals surface area contributed by atoms with E-state index in [1.165, 1.54) is 6.20 Å². The highest BCUT2D eigenvalue weighted by Crippen LogP contribution is 2.13. The lowest BCUT2D eigenvalue weighted by Gasteiger charge is -2.06. The lowest BCUT2D eigenvalue weighted by molar-refractivity contribution is 0.101. The van der Waals surface area contributed by atoms with Crippen LogP contribution < -0.4 is 11.1 Å². The maximum absolute atomic E-state index is 11.8. The molecule has 3 N–H and O–H groups in total. The van der Waals surface area contributed by atoms with Crippen molar-refractivity contribution < 1.29 is 4.79 Å². The lowest BCUT2D eigenvalue weighted by Crippen LogP contribution is -2.17. The molecule has 0 aliphatic heterocycles. The zero-order valence-electron chi connectivity index (χ0n) is 8.71. The standard InChI is InChI=1S/C10H11N5O/c1-15-6-12-5-8(15)10(16)14-9-7(11)3-2-4-13-9/h2-6H,11H2,1H3,(H,13,14,16). The summed E-state index contributed by atoms with van der Waals surface area (Å²) in [7, 11) is 1.74. The van der Waals surface area contributed by atoms with Crippen LogP contribution in [0.25, 0.3) is 0 Å². The van der Waals surface area contributed by atoms with Gasteiger partial charge in [0.05, 0.1) is 18.2 Å². The number of nitrogens with zero attached hydrogens (tertiary/aromatic N) is 3. The lowest BCUT2D eigenvalue weighted by atomic mass is 10.3. The number of nitrogens with one attached hydrogen (secondary N) is 1. The number of pyridine rings is 1. The minimum atomic E-state index is -0.287. The fraction of sp³-hybridized carbons (Fsp3) is 0.100. The maximum atomic E-state index is 11.8.